The molecule has 3 nitrogen and oxygen atoms in total. The molecule has 1 unspecified atom stereocenters. The van der Waals surface area contributed by atoms with Crippen LogP contribution in [0.3, 0.4) is 0 Å². The molecule has 0 radical (unpaired) electrons. The van der Waals surface area contributed by atoms with Gasteiger partial charge in [0.25, 0.3) is 0 Å². The minimum absolute atomic E-state index is 0.353. The van der Waals surface area contributed by atoms with Gasteiger partial charge in [0.1, 0.15) is 0 Å². The molecule has 90 valence electrons. The van der Waals surface area contributed by atoms with Crippen molar-refractivity contribution in [1.29, 1.82) is 0 Å². The van der Waals surface area contributed by atoms with Gasteiger partial charge in [-0.1, -0.05) is 24.3 Å². The van der Waals surface area contributed by atoms with E-state index in [1.165, 1.54) is 11.1 Å². The molecule has 2 N–H and O–H groups in total. The Morgan fingerprint density at radius 1 is 1.29 bits per heavy atom. The molecule has 1 atom stereocenters. The number of rotatable bonds is 4. The van der Waals surface area contributed by atoms with Gasteiger partial charge in [-0.2, -0.15) is 5.10 Å². The number of nitrogens with zero attached hydrogens (tertiary/aromatic N) is 2. The van der Waals surface area contributed by atoms with Crippen LogP contribution in [0.25, 0.3) is 0 Å². The summed E-state index contributed by atoms with van der Waals surface area (Å²) in [6, 6.07) is 10.5. The van der Waals surface area contributed by atoms with Crippen LogP contribution in [0.2, 0.25) is 0 Å². The monoisotopic (exact) mass is 229 g/mol. The lowest BCUT2D eigenvalue weighted by Gasteiger charge is -2.16. The summed E-state index contributed by atoms with van der Waals surface area (Å²) in [5.74, 6) is 0.353. The first-order valence-corrected chi connectivity index (χ1v) is 5.95. The number of benzene rings is 1. The van der Waals surface area contributed by atoms with Gasteiger partial charge in [0.05, 0.1) is 5.69 Å². The van der Waals surface area contributed by atoms with Crippen LogP contribution >= 0.6 is 0 Å². The van der Waals surface area contributed by atoms with Gasteiger partial charge in [0.15, 0.2) is 0 Å². The van der Waals surface area contributed by atoms with E-state index in [2.05, 4.69) is 42.4 Å². The van der Waals surface area contributed by atoms with E-state index >= 15 is 0 Å². The molecule has 0 aliphatic rings. The SMILES string of the molecule is Cc1ccccc1C(CN)Cc1ccn(C)n1. The van der Waals surface area contributed by atoms with Crippen LogP contribution < -0.4 is 5.73 Å². The van der Waals surface area contributed by atoms with Crippen LogP contribution in [-0.4, -0.2) is 16.3 Å². The predicted octanol–water partition coefficient (Wildman–Crippen LogP) is 2.01. The molecule has 0 aliphatic carbocycles. The van der Waals surface area contributed by atoms with Crippen molar-refractivity contribution >= 4 is 0 Å². The molecule has 2 aromatic rings. The smallest absolute Gasteiger partial charge is 0.0631 e. The standard InChI is InChI=1S/C14H19N3/c1-11-5-3-4-6-14(11)12(10-15)9-13-7-8-17(2)16-13/h3-8,12H,9-10,15H2,1-2H3. The normalized spacial score (nSPS) is 12.6. The van der Waals surface area contributed by atoms with E-state index in [1.807, 2.05) is 17.9 Å². The highest BCUT2D eigenvalue weighted by Gasteiger charge is 2.13. The summed E-state index contributed by atoms with van der Waals surface area (Å²) < 4.78 is 1.83. The Balaban J connectivity index is 2.20. The van der Waals surface area contributed by atoms with Gasteiger partial charge in [-0.15, -0.1) is 0 Å². The maximum absolute atomic E-state index is 5.89. The van der Waals surface area contributed by atoms with Gasteiger partial charge in [0.2, 0.25) is 0 Å². The topological polar surface area (TPSA) is 43.8 Å². The van der Waals surface area contributed by atoms with Crippen molar-refractivity contribution < 1.29 is 0 Å². The predicted molar refractivity (Wildman–Crippen MR) is 69.9 cm³/mol. The van der Waals surface area contributed by atoms with Crippen LogP contribution in [-0.2, 0) is 13.5 Å². The lowest BCUT2D eigenvalue weighted by atomic mass is 9.91. The zero-order chi connectivity index (χ0) is 12.3. The molecule has 17 heavy (non-hydrogen) atoms. The van der Waals surface area contributed by atoms with Gasteiger partial charge < -0.3 is 5.73 Å². The van der Waals surface area contributed by atoms with Crippen molar-refractivity contribution in [2.24, 2.45) is 12.8 Å². The highest BCUT2D eigenvalue weighted by Crippen LogP contribution is 2.22. The summed E-state index contributed by atoms with van der Waals surface area (Å²) in [4.78, 5) is 0. The molecule has 0 aliphatic heterocycles. The van der Waals surface area contributed by atoms with Gasteiger partial charge in [0, 0.05) is 19.2 Å². The molecular weight excluding hydrogens is 210 g/mol. The summed E-state index contributed by atoms with van der Waals surface area (Å²) in [6.07, 6.45) is 2.88. The molecule has 3 heteroatoms. The summed E-state index contributed by atoms with van der Waals surface area (Å²) in [7, 11) is 1.94. The molecule has 0 fully saturated rings. The van der Waals surface area contributed by atoms with Gasteiger partial charge >= 0.3 is 0 Å². The fourth-order valence-corrected chi connectivity index (χ4v) is 2.19. The van der Waals surface area contributed by atoms with Crippen LogP contribution in [0, 0.1) is 6.92 Å². The van der Waals surface area contributed by atoms with Gasteiger partial charge in [-0.3, -0.25) is 4.68 Å². The summed E-state index contributed by atoms with van der Waals surface area (Å²) in [6.45, 7) is 2.79. The van der Waals surface area contributed by atoms with Crippen molar-refractivity contribution in [3.63, 3.8) is 0 Å². The Bertz CT molecular complexity index is 488. The fraction of sp³-hybridized carbons (Fsp3) is 0.357. The van der Waals surface area contributed by atoms with Crippen LogP contribution in [0.1, 0.15) is 22.7 Å². The Morgan fingerprint density at radius 3 is 2.65 bits per heavy atom. The third kappa shape index (κ3) is 2.74. The van der Waals surface area contributed by atoms with E-state index in [0.717, 1.165) is 12.1 Å². The zero-order valence-corrected chi connectivity index (χ0v) is 10.4. The second-order valence-electron chi connectivity index (χ2n) is 4.47. The number of nitrogens with two attached hydrogens (primary N) is 1. The molecule has 2 rings (SSSR count). The van der Waals surface area contributed by atoms with Crippen molar-refractivity contribution in [2.45, 2.75) is 19.3 Å². The first-order chi connectivity index (χ1) is 8.20. The number of aryl methyl sites for hydroxylation is 2. The van der Waals surface area contributed by atoms with E-state index in [4.69, 9.17) is 5.73 Å². The molecule has 1 aromatic heterocycles. The fourth-order valence-electron chi connectivity index (χ4n) is 2.19. The molecule has 0 amide bonds. The summed E-state index contributed by atoms with van der Waals surface area (Å²) in [5.41, 5.74) is 9.64. The number of hydrogen-bond acceptors (Lipinski definition) is 2. The molecule has 0 saturated heterocycles. The third-order valence-corrected chi connectivity index (χ3v) is 3.14. The molecule has 1 aromatic carbocycles. The molecule has 1 heterocycles. The van der Waals surface area contributed by atoms with E-state index < -0.39 is 0 Å². The minimum atomic E-state index is 0.353. The molecular formula is C14H19N3. The van der Waals surface area contributed by atoms with Crippen molar-refractivity contribution in [3.8, 4) is 0 Å². The van der Waals surface area contributed by atoms with E-state index in [0.29, 0.717) is 12.5 Å². The van der Waals surface area contributed by atoms with E-state index in [1.54, 1.807) is 0 Å². The Labute approximate surface area is 102 Å². The lowest BCUT2D eigenvalue weighted by Crippen LogP contribution is -2.16. The maximum Gasteiger partial charge on any atom is 0.0631 e. The van der Waals surface area contributed by atoms with E-state index in [-0.39, 0.29) is 0 Å². The number of hydrogen-bond donors (Lipinski definition) is 1. The van der Waals surface area contributed by atoms with Crippen molar-refractivity contribution in [1.82, 2.24) is 9.78 Å². The third-order valence-electron chi connectivity index (χ3n) is 3.14. The molecule has 0 saturated carbocycles. The van der Waals surface area contributed by atoms with Crippen LogP contribution in [0.5, 0.6) is 0 Å². The van der Waals surface area contributed by atoms with E-state index in [9.17, 15) is 0 Å². The first kappa shape index (κ1) is 11.9. The maximum atomic E-state index is 5.89. The lowest BCUT2D eigenvalue weighted by molar-refractivity contribution is 0.657. The second kappa shape index (κ2) is 5.15. The molecule has 0 bridgehead atoms. The highest BCUT2D eigenvalue weighted by molar-refractivity contribution is 5.30. The molecule has 0 spiro atoms. The minimum Gasteiger partial charge on any atom is -0.330 e. The summed E-state index contributed by atoms with van der Waals surface area (Å²) in [5, 5.41) is 4.41. The Kier molecular flexibility index (Phi) is 3.59. The Hall–Kier alpha value is -1.61. The van der Waals surface area contributed by atoms with Crippen LogP contribution in [0.15, 0.2) is 36.5 Å². The zero-order valence-electron chi connectivity index (χ0n) is 10.4. The average Bonchev–Trinajstić information content (AvgIpc) is 2.73. The number of aromatic nitrogens is 2. The van der Waals surface area contributed by atoms with Gasteiger partial charge in [-0.25, -0.2) is 0 Å². The van der Waals surface area contributed by atoms with Gasteiger partial charge in [-0.05, 0) is 37.1 Å². The Morgan fingerprint density at radius 2 is 2.06 bits per heavy atom. The first-order valence-electron chi connectivity index (χ1n) is 5.95. The average molecular weight is 229 g/mol. The highest BCUT2D eigenvalue weighted by atomic mass is 15.2. The second-order valence-corrected chi connectivity index (χ2v) is 4.47. The quantitative estimate of drug-likeness (QED) is 0.871. The van der Waals surface area contributed by atoms with Crippen molar-refractivity contribution in [3.05, 3.63) is 53.3 Å². The summed E-state index contributed by atoms with van der Waals surface area (Å²) >= 11 is 0. The van der Waals surface area contributed by atoms with Crippen LogP contribution in [0.4, 0.5) is 0 Å². The van der Waals surface area contributed by atoms with Crippen molar-refractivity contribution in [2.75, 3.05) is 6.54 Å². The largest absolute Gasteiger partial charge is 0.330 e.